The van der Waals surface area contributed by atoms with E-state index in [2.05, 4.69) is 39.5 Å². The average molecular weight is 248 g/mol. The molecule has 1 aliphatic rings. The minimum Gasteiger partial charge on any atom is -0.453 e. The molecule has 1 heterocycles. The first-order valence-electron chi connectivity index (χ1n) is 6.86. The molecule has 18 heavy (non-hydrogen) atoms. The van der Waals surface area contributed by atoms with Crippen molar-refractivity contribution in [2.45, 2.75) is 65.9 Å². The molecule has 1 aliphatic heterocycles. The van der Waals surface area contributed by atoms with Crippen LogP contribution in [0.5, 0.6) is 0 Å². The Bertz CT molecular complexity index is 374. The van der Waals surface area contributed by atoms with Crippen molar-refractivity contribution in [2.75, 3.05) is 0 Å². The highest BCUT2D eigenvalue weighted by atomic mass is 16.5. The maximum Gasteiger partial charge on any atom is 0.332 e. The van der Waals surface area contributed by atoms with Gasteiger partial charge in [0.1, 0.15) is 6.10 Å². The fourth-order valence-corrected chi connectivity index (χ4v) is 1.97. The van der Waals surface area contributed by atoms with Crippen LogP contribution in [0.15, 0.2) is 11.6 Å². The highest BCUT2D eigenvalue weighted by molar-refractivity contribution is 5.87. The number of carbonyl (C=O) groups excluding carboxylic acids is 1. The van der Waals surface area contributed by atoms with Crippen molar-refractivity contribution in [2.24, 2.45) is 5.41 Å². The van der Waals surface area contributed by atoms with Gasteiger partial charge in [0, 0.05) is 17.9 Å². The summed E-state index contributed by atoms with van der Waals surface area (Å²) < 4.78 is 5.30. The van der Waals surface area contributed by atoms with Crippen molar-refractivity contribution in [1.82, 2.24) is 0 Å². The molecule has 1 rings (SSSR count). The van der Waals surface area contributed by atoms with Crippen LogP contribution in [-0.2, 0) is 9.53 Å². The van der Waals surface area contributed by atoms with E-state index in [4.69, 9.17) is 4.74 Å². The van der Waals surface area contributed by atoms with Crippen LogP contribution >= 0.6 is 0 Å². The van der Waals surface area contributed by atoms with Gasteiger partial charge < -0.3 is 4.74 Å². The van der Waals surface area contributed by atoms with E-state index in [1.807, 2.05) is 0 Å². The number of hydrogen-bond acceptors (Lipinski definition) is 2. The van der Waals surface area contributed by atoms with Crippen molar-refractivity contribution in [3.8, 4) is 11.8 Å². The van der Waals surface area contributed by atoms with Crippen molar-refractivity contribution >= 4 is 5.97 Å². The summed E-state index contributed by atoms with van der Waals surface area (Å²) in [6, 6.07) is 0. The van der Waals surface area contributed by atoms with Crippen molar-refractivity contribution in [1.29, 1.82) is 0 Å². The Morgan fingerprint density at radius 1 is 1.28 bits per heavy atom. The third-order valence-corrected chi connectivity index (χ3v) is 2.96. The van der Waals surface area contributed by atoms with E-state index in [1.54, 1.807) is 0 Å². The molecule has 0 radical (unpaired) electrons. The van der Waals surface area contributed by atoms with Crippen LogP contribution in [-0.4, -0.2) is 12.1 Å². The molecule has 2 heteroatoms. The van der Waals surface area contributed by atoms with E-state index >= 15 is 0 Å². The van der Waals surface area contributed by atoms with Gasteiger partial charge in [0.25, 0.3) is 0 Å². The summed E-state index contributed by atoms with van der Waals surface area (Å²) in [5.41, 5.74) is 0.748. The molecule has 100 valence electrons. The zero-order valence-corrected chi connectivity index (χ0v) is 12.0. The lowest BCUT2D eigenvalue weighted by molar-refractivity contribution is -0.142. The largest absolute Gasteiger partial charge is 0.453 e. The number of cyclic esters (lactones) is 1. The molecule has 0 aromatic carbocycles. The molecule has 0 amide bonds. The quantitative estimate of drug-likeness (QED) is 0.429. The Morgan fingerprint density at radius 2 is 2.00 bits per heavy atom. The van der Waals surface area contributed by atoms with Crippen molar-refractivity contribution in [3.63, 3.8) is 0 Å². The highest BCUT2D eigenvalue weighted by Gasteiger charge is 2.35. The lowest BCUT2D eigenvalue weighted by Crippen LogP contribution is -2.28. The van der Waals surface area contributed by atoms with E-state index < -0.39 is 0 Å². The summed E-state index contributed by atoms with van der Waals surface area (Å²) >= 11 is 0. The van der Waals surface area contributed by atoms with Crippen LogP contribution < -0.4 is 0 Å². The van der Waals surface area contributed by atoms with Crippen molar-refractivity contribution < 1.29 is 9.53 Å². The maximum atomic E-state index is 11.3. The van der Waals surface area contributed by atoms with E-state index in [0.717, 1.165) is 18.4 Å². The van der Waals surface area contributed by atoms with E-state index in [1.165, 1.54) is 25.3 Å². The van der Waals surface area contributed by atoms with E-state index in [9.17, 15) is 4.79 Å². The third kappa shape index (κ3) is 4.56. The van der Waals surface area contributed by atoms with Gasteiger partial charge in [-0.2, -0.15) is 0 Å². The number of hydrogen-bond donors (Lipinski definition) is 0. The number of carbonyl (C=O) groups is 1. The topological polar surface area (TPSA) is 26.3 Å². The fourth-order valence-electron chi connectivity index (χ4n) is 1.97. The molecule has 0 aliphatic carbocycles. The lowest BCUT2D eigenvalue weighted by atomic mass is 9.85. The van der Waals surface area contributed by atoms with Crippen molar-refractivity contribution in [3.05, 3.63) is 11.6 Å². The zero-order valence-electron chi connectivity index (χ0n) is 12.0. The number of ether oxygens (including phenoxy) is 1. The van der Waals surface area contributed by atoms with E-state index in [0.29, 0.717) is 0 Å². The third-order valence-electron chi connectivity index (χ3n) is 2.96. The SMILES string of the molecule is CCCCCCC#CC1=CC(=O)OC1C(C)(C)C. The summed E-state index contributed by atoms with van der Waals surface area (Å²) in [6.45, 7) is 8.39. The number of esters is 1. The molecule has 0 spiro atoms. The van der Waals surface area contributed by atoms with E-state index in [-0.39, 0.29) is 17.5 Å². The summed E-state index contributed by atoms with van der Waals surface area (Å²) in [7, 11) is 0. The maximum absolute atomic E-state index is 11.3. The van der Waals surface area contributed by atoms with Gasteiger partial charge in [0.05, 0.1) is 5.57 Å². The summed E-state index contributed by atoms with van der Waals surface area (Å²) in [5.74, 6) is 6.01. The smallest absolute Gasteiger partial charge is 0.332 e. The van der Waals surface area contributed by atoms with Gasteiger partial charge in [-0.15, -0.1) is 0 Å². The van der Waals surface area contributed by atoms with Crippen LogP contribution in [0.25, 0.3) is 0 Å². The lowest BCUT2D eigenvalue weighted by Gasteiger charge is -2.26. The van der Waals surface area contributed by atoms with Gasteiger partial charge in [0.2, 0.25) is 0 Å². The van der Waals surface area contributed by atoms with Crippen LogP contribution in [0.2, 0.25) is 0 Å². The van der Waals surface area contributed by atoms with Gasteiger partial charge in [-0.25, -0.2) is 4.79 Å². The molecule has 0 aromatic heterocycles. The zero-order chi connectivity index (χ0) is 13.6. The second kappa shape index (κ2) is 6.64. The molecule has 0 saturated carbocycles. The second-order valence-electron chi connectivity index (χ2n) is 5.90. The molecule has 0 fully saturated rings. The van der Waals surface area contributed by atoms with Crippen LogP contribution in [0.3, 0.4) is 0 Å². The first kappa shape index (κ1) is 14.8. The minimum atomic E-state index is -0.259. The van der Waals surface area contributed by atoms with Gasteiger partial charge in [-0.05, 0) is 6.42 Å². The highest BCUT2D eigenvalue weighted by Crippen LogP contribution is 2.31. The summed E-state index contributed by atoms with van der Waals surface area (Å²) in [6.07, 6.45) is 7.15. The first-order valence-corrected chi connectivity index (χ1v) is 6.86. The predicted molar refractivity (Wildman–Crippen MR) is 74.0 cm³/mol. The number of unbranched alkanes of at least 4 members (excludes halogenated alkanes) is 4. The molecule has 0 bridgehead atoms. The molecule has 1 atom stereocenters. The van der Waals surface area contributed by atoms with Gasteiger partial charge in [0.15, 0.2) is 0 Å². The summed E-state index contributed by atoms with van der Waals surface area (Å²) in [5, 5.41) is 0. The monoisotopic (exact) mass is 248 g/mol. The second-order valence-corrected chi connectivity index (χ2v) is 5.90. The fraction of sp³-hybridized carbons (Fsp3) is 0.688. The Hall–Kier alpha value is -1.23. The predicted octanol–water partition coefficient (Wildman–Crippen LogP) is 3.86. The number of rotatable bonds is 4. The van der Waals surface area contributed by atoms with Gasteiger partial charge >= 0.3 is 5.97 Å². The molecule has 0 saturated heterocycles. The Balaban J connectivity index is 2.52. The van der Waals surface area contributed by atoms with Crippen LogP contribution in [0, 0.1) is 17.3 Å². The van der Waals surface area contributed by atoms with Gasteiger partial charge in [-0.3, -0.25) is 0 Å². The molecule has 1 unspecified atom stereocenters. The van der Waals surface area contributed by atoms with Crippen LogP contribution in [0.4, 0.5) is 0 Å². The Kier molecular flexibility index (Phi) is 5.47. The average Bonchev–Trinajstić information content (AvgIpc) is 2.64. The van der Waals surface area contributed by atoms with Crippen LogP contribution in [0.1, 0.15) is 59.8 Å². The first-order chi connectivity index (χ1) is 8.45. The molecule has 0 aromatic rings. The minimum absolute atomic E-state index is 0.0884. The standard InChI is InChI=1S/C16H24O2/c1-5-6-7-8-9-10-11-13-12-14(17)18-15(13)16(2,3)4/h12,15H,5-9H2,1-4H3. The molecule has 0 N–H and O–H groups in total. The Labute approximate surface area is 111 Å². The normalized spacial score (nSPS) is 19.0. The molecular formula is C16H24O2. The molecular weight excluding hydrogens is 224 g/mol. The van der Waals surface area contributed by atoms with Gasteiger partial charge in [-0.1, -0.05) is 58.8 Å². The Morgan fingerprint density at radius 3 is 2.61 bits per heavy atom. The summed E-state index contributed by atoms with van der Waals surface area (Å²) in [4.78, 5) is 11.3. The molecule has 2 nitrogen and oxygen atoms in total.